The van der Waals surface area contributed by atoms with Crippen molar-refractivity contribution in [3.63, 3.8) is 0 Å². The van der Waals surface area contributed by atoms with E-state index in [0.717, 1.165) is 11.6 Å². The maximum atomic E-state index is 10.6. The van der Waals surface area contributed by atoms with Gasteiger partial charge in [-0.1, -0.05) is 6.07 Å². The van der Waals surface area contributed by atoms with E-state index in [9.17, 15) is 8.42 Å². The SMILES string of the molecule is Cc1ccc(S(=O)(=O)O)c(O)c1.O. The second-order valence-electron chi connectivity index (χ2n) is 2.45. The molecule has 0 fully saturated rings. The normalized spacial score (nSPS) is 10.6. The lowest BCUT2D eigenvalue weighted by Crippen LogP contribution is -1.98. The lowest BCUT2D eigenvalue weighted by atomic mass is 10.2. The fraction of sp³-hybridized carbons (Fsp3) is 0.143. The van der Waals surface area contributed by atoms with E-state index in [4.69, 9.17) is 9.66 Å². The van der Waals surface area contributed by atoms with Crippen molar-refractivity contribution in [2.75, 3.05) is 0 Å². The molecule has 0 radical (unpaired) electrons. The highest BCUT2D eigenvalue weighted by Crippen LogP contribution is 2.22. The molecule has 0 aliphatic heterocycles. The monoisotopic (exact) mass is 206 g/mol. The molecule has 0 unspecified atom stereocenters. The van der Waals surface area contributed by atoms with Crippen LogP contribution in [0.5, 0.6) is 5.75 Å². The van der Waals surface area contributed by atoms with Gasteiger partial charge in [0.1, 0.15) is 10.6 Å². The standard InChI is InChI=1S/C7H8O4S.H2O/c1-5-2-3-7(6(8)4-5)12(9,10)11;/h2-4,8H,1H3,(H,9,10,11);1H2. The first kappa shape index (κ1) is 11.9. The molecule has 0 atom stereocenters. The molecule has 6 heteroatoms. The highest BCUT2D eigenvalue weighted by molar-refractivity contribution is 7.86. The lowest BCUT2D eigenvalue weighted by Gasteiger charge is -2.00. The molecule has 0 heterocycles. The number of aryl methyl sites for hydroxylation is 1. The van der Waals surface area contributed by atoms with E-state index in [1.54, 1.807) is 6.92 Å². The van der Waals surface area contributed by atoms with Crippen molar-refractivity contribution in [3.8, 4) is 5.75 Å². The van der Waals surface area contributed by atoms with Crippen molar-refractivity contribution in [2.45, 2.75) is 11.8 Å². The minimum absolute atomic E-state index is 0. The summed E-state index contributed by atoms with van der Waals surface area (Å²) < 4.78 is 29.7. The first-order valence-corrected chi connectivity index (χ1v) is 4.62. The minimum atomic E-state index is -4.30. The summed E-state index contributed by atoms with van der Waals surface area (Å²) >= 11 is 0. The van der Waals surface area contributed by atoms with Gasteiger partial charge in [0.05, 0.1) is 0 Å². The van der Waals surface area contributed by atoms with Gasteiger partial charge in [-0.25, -0.2) is 0 Å². The molecule has 74 valence electrons. The molecule has 1 aromatic carbocycles. The van der Waals surface area contributed by atoms with Crippen LogP contribution in [-0.4, -0.2) is 23.6 Å². The van der Waals surface area contributed by atoms with Gasteiger partial charge < -0.3 is 10.6 Å². The van der Waals surface area contributed by atoms with Gasteiger partial charge in [-0.15, -0.1) is 0 Å². The molecule has 13 heavy (non-hydrogen) atoms. The van der Waals surface area contributed by atoms with E-state index in [1.165, 1.54) is 12.1 Å². The molecule has 0 saturated heterocycles. The Morgan fingerprint density at radius 3 is 2.23 bits per heavy atom. The van der Waals surface area contributed by atoms with Gasteiger partial charge in [0, 0.05) is 0 Å². The van der Waals surface area contributed by atoms with Crippen LogP contribution in [0.15, 0.2) is 23.1 Å². The predicted octanol–water partition coefficient (Wildman–Crippen LogP) is 0.123. The van der Waals surface area contributed by atoms with Crippen molar-refractivity contribution < 1.29 is 23.6 Å². The summed E-state index contributed by atoms with van der Waals surface area (Å²) in [6.07, 6.45) is 0. The van der Waals surface area contributed by atoms with Gasteiger partial charge in [0.2, 0.25) is 0 Å². The molecular formula is C7H10O5S. The molecule has 0 saturated carbocycles. The van der Waals surface area contributed by atoms with Crippen LogP contribution in [-0.2, 0) is 10.1 Å². The summed E-state index contributed by atoms with van der Waals surface area (Å²) in [5, 5.41) is 9.09. The topological polar surface area (TPSA) is 106 Å². The van der Waals surface area contributed by atoms with Crippen molar-refractivity contribution in [2.24, 2.45) is 0 Å². The van der Waals surface area contributed by atoms with Crippen LogP contribution in [0, 0.1) is 6.92 Å². The van der Waals surface area contributed by atoms with Crippen LogP contribution >= 0.6 is 0 Å². The Labute approximate surface area is 75.7 Å². The number of aromatic hydroxyl groups is 1. The first-order chi connectivity index (χ1) is 5.41. The van der Waals surface area contributed by atoms with E-state index in [1.807, 2.05) is 0 Å². The highest BCUT2D eigenvalue weighted by Gasteiger charge is 2.14. The molecule has 0 bridgehead atoms. The fourth-order valence-corrected chi connectivity index (χ4v) is 1.41. The van der Waals surface area contributed by atoms with Crippen LogP contribution < -0.4 is 0 Å². The molecule has 0 amide bonds. The van der Waals surface area contributed by atoms with E-state index in [2.05, 4.69) is 0 Å². The molecule has 4 N–H and O–H groups in total. The fourth-order valence-electron chi connectivity index (χ4n) is 0.846. The predicted molar refractivity (Wildman–Crippen MR) is 46.3 cm³/mol. The molecule has 0 aliphatic rings. The summed E-state index contributed by atoms with van der Waals surface area (Å²) in [6, 6.07) is 3.91. The summed E-state index contributed by atoms with van der Waals surface area (Å²) in [6.45, 7) is 1.70. The molecule has 0 spiro atoms. The Bertz CT molecular complexity index is 395. The Hall–Kier alpha value is -1.11. The minimum Gasteiger partial charge on any atom is -0.506 e. The third-order valence-electron chi connectivity index (χ3n) is 1.39. The Balaban J connectivity index is 0.00000144. The van der Waals surface area contributed by atoms with Crippen LogP contribution in [0.3, 0.4) is 0 Å². The Kier molecular flexibility index (Phi) is 3.42. The van der Waals surface area contributed by atoms with Gasteiger partial charge in [0.15, 0.2) is 0 Å². The van der Waals surface area contributed by atoms with Crippen LogP contribution in [0.1, 0.15) is 5.56 Å². The third-order valence-corrected chi connectivity index (χ3v) is 2.29. The van der Waals surface area contributed by atoms with Gasteiger partial charge >= 0.3 is 0 Å². The average Bonchev–Trinajstić information content (AvgIpc) is 1.83. The zero-order valence-corrected chi connectivity index (χ0v) is 7.67. The highest BCUT2D eigenvalue weighted by atomic mass is 32.2. The zero-order valence-electron chi connectivity index (χ0n) is 6.85. The van der Waals surface area contributed by atoms with Gasteiger partial charge in [-0.05, 0) is 24.6 Å². The number of benzene rings is 1. The van der Waals surface area contributed by atoms with E-state index < -0.39 is 20.8 Å². The van der Waals surface area contributed by atoms with Crippen LogP contribution in [0.25, 0.3) is 0 Å². The number of hydrogen-bond acceptors (Lipinski definition) is 3. The lowest BCUT2D eigenvalue weighted by molar-refractivity contribution is 0.443. The second-order valence-corrected chi connectivity index (χ2v) is 3.84. The van der Waals surface area contributed by atoms with Gasteiger partial charge in [0.25, 0.3) is 10.1 Å². The second kappa shape index (κ2) is 3.73. The Morgan fingerprint density at radius 1 is 1.31 bits per heavy atom. The molecule has 1 aromatic rings. The third kappa shape index (κ3) is 2.69. The number of hydrogen-bond donors (Lipinski definition) is 2. The van der Waals surface area contributed by atoms with Crippen molar-refractivity contribution in [1.29, 1.82) is 0 Å². The Morgan fingerprint density at radius 2 is 1.85 bits per heavy atom. The quantitative estimate of drug-likeness (QED) is 0.636. The van der Waals surface area contributed by atoms with Crippen LogP contribution in [0.2, 0.25) is 0 Å². The van der Waals surface area contributed by atoms with Crippen molar-refractivity contribution in [3.05, 3.63) is 23.8 Å². The van der Waals surface area contributed by atoms with Crippen molar-refractivity contribution in [1.82, 2.24) is 0 Å². The first-order valence-electron chi connectivity index (χ1n) is 3.18. The summed E-state index contributed by atoms with van der Waals surface area (Å²) in [5.74, 6) is -0.433. The largest absolute Gasteiger partial charge is 0.506 e. The van der Waals surface area contributed by atoms with E-state index >= 15 is 0 Å². The maximum absolute atomic E-state index is 10.6. The van der Waals surface area contributed by atoms with E-state index in [0.29, 0.717) is 0 Å². The van der Waals surface area contributed by atoms with Gasteiger partial charge in [-0.3, -0.25) is 4.55 Å². The number of phenolic OH excluding ortho intramolecular Hbond substituents is 1. The summed E-state index contributed by atoms with van der Waals surface area (Å²) in [4.78, 5) is -0.465. The number of phenols is 1. The molecular weight excluding hydrogens is 196 g/mol. The average molecular weight is 206 g/mol. The smallest absolute Gasteiger partial charge is 0.298 e. The molecule has 1 rings (SSSR count). The molecule has 5 nitrogen and oxygen atoms in total. The van der Waals surface area contributed by atoms with E-state index in [-0.39, 0.29) is 5.48 Å². The van der Waals surface area contributed by atoms with Crippen molar-refractivity contribution >= 4 is 10.1 Å². The van der Waals surface area contributed by atoms with Crippen LogP contribution in [0.4, 0.5) is 0 Å². The van der Waals surface area contributed by atoms with Gasteiger partial charge in [-0.2, -0.15) is 8.42 Å². The summed E-state index contributed by atoms with van der Waals surface area (Å²) in [5.41, 5.74) is 0.722. The molecule has 0 aliphatic carbocycles. The number of rotatable bonds is 1. The zero-order chi connectivity index (χ0) is 9.35. The summed E-state index contributed by atoms with van der Waals surface area (Å²) in [7, 11) is -4.30. The maximum Gasteiger partial charge on any atom is 0.298 e. The molecule has 0 aromatic heterocycles.